The first-order valence-corrected chi connectivity index (χ1v) is 21.7. The Balaban J connectivity index is 1.07. The van der Waals surface area contributed by atoms with Crippen LogP contribution in [0.2, 0.25) is 0 Å². The third kappa shape index (κ3) is 6.37. The van der Waals surface area contributed by atoms with Crippen molar-refractivity contribution in [3.63, 3.8) is 0 Å². The number of likely N-dealkylation sites (tertiary alicyclic amines) is 1. The molecule has 1 heterocycles. The van der Waals surface area contributed by atoms with Crippen LogP contribution in [-0.2, 0) is 14.3 Å². The molecule has 0 spiro atoms. The summed E-state index contributed by atoms with van der Waals surface area (Å²) >= 11 is 0. The fourth-order valence-corrected chi connectivity index (χ4v) is 15.1. The van der Waals surface area contributed by atoms with E-state index in [-0.39, 0.29) is 29.3 Å². The minimum Gasteiger partial charge on any atom is -0.481 e. The summed E-state index contributed by atoms with van der Waals surface area (Å²) in [4.78, 5) is 27.7. The lowest BCUT2D eigenvalue weighted by Crippen LogP contribution is -2.66. The van der Waals surface area contributed by atoms with Crippen LogP contribution < -0.4 is 0 Å². The van der Waals surface area contributed by atoms with Crippen LogP contribution in [0.1, 0.15) is 157 Å². The van der Waals surface area contributed by atoms with Crippen molar-refractivity contribution in [3.8, 4) is 0 Å². The number of carbonyl (C=O) groups excluding carboxylic acids is 1. The molecule has 5 saturated carbocycles. The van der Waals surface area contributed by atoms with Crippen LogP contribution in [0.3, 0.4) is 0 Å². The highest BCUT2D eigenvalue weighted by Gasteiger charge is 2.71. The van der Waals surface area contributed by atoms with Gasteiger partial charge in [0.2, 0.25) is 0 Å². The molecular formula is C48H73NO4. The lowest BCUT2D eigenvalue weighted by molar-refractivity contribution is -0.250. The maximum Gasteiger partial charge on any atom is 0.309 e. The first-order chi connectivity index (χ1) is 24.9. The van der Waals surface area contributed by atoms with Gasteiger partial charge in [0.1, 0.15) is 6.10 Å². The predicted octanol–water partition coefficient (Wildman–Crippen LogP) is 11.3. The van der Waals surface area contributed by atoms with Crippen LogP contribution in [0.5, 0.6) is 0 Å². The van der Waals surface area contributed by atoms with E-state index >= 15 is 0 Å². The van der Waals surface area contributed by atoms with Gasteiger partial charge in [0.05, 0.1) is 11.8 Å². The van der Waals surface area contributed by atoms with Crippen molar-refractivity contribution < 1.29 is 19.4 Å². The summed E-state index contributed by atoms with van der Waals surface area (Å²) in [5.41, 5.74) is 2.97. The number of ether oxygens (including phenoxy) is 1. The number of carbonyl (C=O) groups is 2. The minimum atomic E-state index is -1.12. The number of nitrogens with zero attached hydrogens (tertiary/aromatic N) is 1. The zero-order valence-corrected chi connectivity index (χ0v) is 34.8. The Hall–Kier alpha value is -2.14. The van der Waals surface area contributed by atoms with E-state index in [4.69, 9.17) is 4.74 Å². The fourth-order valence-electron chi connectivity index (χ4n) is 15.1. The normalized spacial score (nSPS) is 41.4. The van der Waals surface area contributed by atoms with Gasteiger partial charge >= 0.3 is 11.9 Å². The molecule has 1 saturated heterocycles. The molecule has 0 aromatic heterocycles. The lowest BCUT2D eigenvalue weighted by Gasteiger charge is -2.73. The largest absolute Gasteiger partial charge is 0.481 e. The van der Waals surface area contributed by atoms with Gasteiger partial charge in [0.25, 0.3) is 0 Å². The van der Waals surface area contributed by atoms with Crippen molar-refractivity contribution in [2.24, 2.45) is 62.1 Å². The highest BCUT2D eigenvalue weighted by molar-refractivity contribution is 5.81. The van der Waals surface area contributed by atoms with Crippen LogP contribution in [0.15, 0.2) is 42.5 Å². The van der Waals surface area contributed by atoms with Crippen molar-refractivity contribution in [2.45, 2.75) is 157 Å². The zero-order valence-electron chi connectivity index (χ0n) is 34.8. The summed E-state index contributed by atoms with van der Waals surface area (Å²) in [6.07, 6.45) is 16.2. The van der Waals surface area contributed by atoms with Gasteiger partial charge in [-0.1, -0.05) is 77.1 Å². The number of allylic oxidation sites excluding steroid dienone is 1. The maximum absolute atomic E-state index is 13.1. The SMILES string of the molecule is C=C(C)[C@@H]1CC[C@]2(CCN3CCC(c4ccccc4)CC3)CC[C@]3(C)[C@H](CC[C@@H]4[C@@]5(C)CC[C@H](OC(=O)CC(C)(C)C(=O)O)C(C)(C)[C@@H]5CC[C@]43C)[C@@H]12. The summed E-state index contributed by atoms with van der Waals surface area (Å²) in [6.45, 7) is 26.8. The van der Waals surface area contributed by atoms with Crippen molar-refractivity contribution in [1.82, 2.24) is 4.90 Å². The molecule has 5 nitrogen and oxygen atoms in total. The molecule has 0 bridgehead atoms. The Morgan fingerprint density at radius 1 is 0.849 bits per heavy atom. The lowest BCUT2D eigenvalue weighted by atomic mass is 9.32. The van der Waals surface area contributed by atoms with Crippen molar-refractivity contribution in [1.29, 1.82) is 0 Å². The first kappa shape index (κ1) is 39.1. The second-order valence-corrected chi connectivity index (χ2v) is 21.5. The summed E-state index contributed by atoms with van der Waals surface area (Å²) in [6, 6.07) is 11.2. The van der Waals surface area contributed by atoms with E-state index < -0.39 is 11.4 Å². The van der Waals surface area contributed by atoms with Gasteiger partial charge in [-0.3, -0.25) is 9.59 Å². The minimum absolute atomic E-state index is 0.0854. The van der Waals surface area contributed by atoms with E-state index in [2.05, 4.69) is 83.4 Å². The molecule has 0 amide bonds. The van der Waals surface area contributed by atoms with Crippen molar-refractivity contribution in [2.75, 3.05) is 19.6 Å². The topological polar surface area (TPSA) is 66.8 Å². The molecule has 5 heteroatoms. The third-order valence-electron chi connectivity index (χ3n) is 18.4. The van der Waals surface area contributed by atoms with Crippen LogP contribution in [0.25, 0.3) is 0 Å². The molecule has 6 aliphatic rings. The Morgan fingerprint density at radius 3 is 2.21 bits per heavy atom. The summed E-state index contributed by atoms with van der Waals surface area (Å²) in [5.74, 6) is 2.72. The first-order valence-electron chi connectivity index (χ1n) is 21.7. The van der Waals surface area contributed by atoms with Gasteiger partial charge in [-0.05, 0) is 187 Å². The van der Waals surface area contributed by atoms with E-state index in [1.54, 1.807) is 13.8 Å². The van der Waals surface area contributed by atoms with Crippen LogP contribution >= 0.6 is 0 Å². The van der Waals surface area contributed by atoms with E-state index in [0.29, 0.717) is 39.9 Å². The van der Waals surface area contributed by atoms with Crippen LogP contribution in [-0.4, -0.2) is 47.7 Å². The molecule has 1 aliphatic heterocycles. The van der Waals surface area contributed by atoms with Gasteiger partial charge in [0.15, 0.2) is 0 Å². The molecule has 1 N–H and O–H groups in total. The van der Waals surface area contributed by atoms with E-state index in [1.165, 1.54) is 101 Å². The van der Waals surface area contributed by atoms with Gasteiger partial charge < -0.3 is 14.7 Å². The Labute approximate surface area is 322 Å². The Bertz CT molecular complexity index is 1540. The summed E-state index contributed by atoms with van der Waals surface area (Å²) in [7, 11) is 0. The second-order valence-electron chi connectivity index (χ2n) is 21.5. The van der Waals surface area contributed by atoms with E-state index in [0.717, 1.165) is 24.7 Å². The number of fused-ring (bicyclic) bond motifs is 7. The van der Waals surface area contributed by atoms with Gasteiger partial charge in [0, 0.05) is 5.41 Å². The number of rotatable bonds is 9. The molecule has 1 aromatic carbocycles. The molecule has 6 fully saturated rings. The van der Waals surface area contributed by atoms with Crippen molar-refractivity contribution >= 4 is 11.9 Å². The fraction of sp³-hybridized carbons (Fsp3) is 0.792. The zero-order chi connectivity index (χ0) is 38.2. The number of hydrogen-bond acceptors (Lipinski definition) is 4. The number of esters is 1. The predicted molar refractivity (Wildman–Crippen MR) is 214 cm³/mol. The average molecular weight is 728 g/mol. The molecule has 10 atom stereocenters. The number of benzene rings is 1. The quantitative estimate of drug-likeness (QED) is 0.203. The van der Waals surface area contributed by atoms with Gasteiger partial charge in [-0.25, -0.2) is 0 Å². The van der Waals surface area contributed by atoms with Gasteiger partial charge in [-0.2, -0.15) is 0 Å². The Kier molecular flexibility index (Phi) is 10.2. The maximum atomic E-state index is 13.1. The smallest absolute Gasteiger partial charge is 0.309 e. The monoisotopic (exact) mass is 728 g/mol. The van der Waals surface area contributed by atoms with Crippen LogP contribution in [0, 0.1) is 62.1 Å². The molecule has 7 rings (SSSR count). The molecule has 0 unspecified atom stereocenters. The highest BCUT2D eigenvalue weighted by Crippen LogP contribution is 2.78. The number of hydrogen-bond donors (Lipinski definition) is 1. The summed E-state index contributed by atoms with van der Waals surface area (Å²) < 4.78 is 6.22. The Morgan fingerprint density at radius 2 is 1.55 bits per heavy atom. The molecule has 0 radical (unpaired) electrons. The standard InChI is InChI=1S/C48H73NO4/c1-32(2)35-17-24-48(27-30-49-28-20-34(21-29-49)33-13-11-10-12-14-33)26-25-46(8)36(41(35)48)15-16-38-45(7)22-19-39(53-40(50)31-43(3,4)42(51)52)44(5,6)37(45)18-23-47(38,46)9/h10-14,34-39,41H,1,15-31H2,2-9H3,(H,51,52)/t35-,36+,37-,38+,39-,41+,45-,46+,47+,48+/m0/s1. The number of piperidine rings is 1. The average Bonchev–Trinajstić information content (AvgIpc) is 3.49. The number of carboxylic acids is 1. The van der Waals surface area contributed by atoms with Crippen LogP contribution in [0.4, 0.5) is 0 Å². The number of carboxylic acid groups (broad SMARTS) is 1. The van der Waals surface area contributed by atoms with Gasteiger partial charge in [-0.15, -0.1) is 0 Å². The van der Waals surface area contributed by atoms with E-state index in [9.17, 15) is 14.7 Å². The summed E-state index contributed by atoms with van der Waals surface area (Å²) in [5, 5.41) is 9.64. The highest BCUT2D eigenvalue weighted by atomic mass is 16.5. The molecule has 53 heavy (non-hydrogen) atoms. The molecular weight excluding hydrogens is 655 g/mol. The molecule has 1 aromatic rings. The molecule has 5 aliphatic carbocycles. The third-order valence-corrected chi connectivity index (χ3v) is 18.4. The second kappa shape index (κ2) is 13.8. The van der Waals surface area contributed by atoms with E-state index in [1.807, 2.05) is 0 Å². The number of aliphatic carboxylic acids is 1. The van der Waals surface area contributed by atoms with Crippen molar-refractivity contribution in [3.05, 3.63) is 48.0 Å². The molecule has 294 valence electrons.